The zero-order chi connectivity index (χ0) is 51.5. The number of hydrogen-bond donors (Lipinski definition) is 0. The fourth-order valence-corrected chi connectivity index (χ4v) is 11.4. The van der Waals surface area contributed by atoms with Crippen LogP contribution in [0.5, 0.6) is 23.0 Å². The Morgan fingerprint density at radius 1 is 0.314 bits per heavy atom. The second-order valence-electron chi connectivity index (χ2n) is 26.2. The molecule has 70 heavy (non-hydrogen) atoms. The highest BCUT2D eigenvalue weighted by atomic mass is 16.5. The molecular formula is C62H92N4O4. The van der Waals surface area contributed by atoms with Crippen molar-refractivity contribution >= 4 is 0 Å². The fourth-order valence-electron chi connectivity index (χ4n) is 11.4. The van der Waals surface area contributed by atoms with Crippen molar-refractivity contribution in [2.24, 2.45) is 0 Å². The summed E-state index contributed by atoms with van der Waals surface area (Å²) in [5.41, 5.74) is 14.2. The second kappa shape index (κ2) is 19.7. The highest BCUT2D eigenvalue weighted by Gasteiger charge is 2.36. The number of rotatable bonds is 4. The van der Waals surface area contributed by atoms with Gasteiger partial charge in [0.05, 0.1) is 28.4 Å². The molecule has 12 bridgehead atoms. The molecule has 2 saturated heterocycles. The van der Waals surface area contributed by atoms with Gasteiger partial charge in [-0.15, -0.1) is 0 Å². The summed E-state index contributed by atoms with van der Waals surface area (Å²) < 4.78 is 25.7. The molecule has 0 saturated carbocycles. The molecule has 0 N–H and O–H groups in total. The lowest BCUT2D eigenvalue weighted by Crippen LogP contribution is -2.45. The molecule has 0 aromatic heterocycles. The van der Waals surface area contributed by atoms with E-state index < -0.39 is 0 Å². The molecule has 0 aliphatic carbocycles. The fraction of sp³-hybridized carbons (Fsp3) is 0.613. The van der Waals surface area contributed by atoms with Crippen LogP contribution in [0.2, 0.25) is 0 Å². The van der Waals surface area contributed by atoms with E-state index in [0.717, 1.165) is 102 Å². The van der Waals surface area contributed by atoms with Crippen LogP contribution in [0.4, 0.5) is 0 Å². The minimum Gasteiger partial charge on any atom is -0.496 e. The summed E-state index contributed by atoms with van der Waals surface area (Å²) in [6.07, 6.45) is 0. The predicted octanol–water partition coefficient (Wildman–Crippen LogP) is 12.5. The van der Waals surface area contributed by atoms with Gasteiger partial charge in [0.1, 0.15) is 23.0 Å². The molecule has 6 aliphatic rings. The van der Waals surface area contributed by atoms with Crippen molar-refractivity contribution < 1.29 is 18.9 Å². The summed E-state index contributed by atoms with van der Waals surface area (Å²) in [4.78, 5) is 10.5. The SMILES string of the molecule is COc1c2cc(cc1C(C)(C)C)C(C)(C)c1cc(c(OC)c(C(C)(C)C)c1)CN1CCN(CC1)Cc1cc(cc(C(C)(C)C)c1OC)C(C)(C)c1cc(c(OC)c(C(C)(C)C)c1)CN1CCN(CC1)C2. The minimum atomic E-state index is -0.308. The summed E-state index contributed by atoms with van der Waals surface area (Å²) in [5.74, 6) is 4.07. The van der Waals surface area contributed by atoms with Gasteiger partial charge in [-0.3, -0.25) is 19.6 Å². The molecule has 0 atom stereocenters. The van der Waals surface area contributed by atoms with E-state index in [9.17, 15) is 0 Å². The molecule has 6 aliphatic heterocycles. The summed E-state index contributed by atoms with van der Waals surface area (Å²) in [6.45, 7) is 48.6. The first-order chi connectivity index (χ1) is 32.5. The van der Waals surface area contributed by atoms with Crippen LogP contribution in [0.3, 0.4) is 0 Å². The zero-order valence-electron chi connectivity index (χ0n) is 47.5. The van der Waals surface area contributed by atoms with Crippen molar-refractivity contribution in [2.45, 2.75) is 169 Å². The van der Waals surface area contributed by atoms with E-state index in [4.69, 9.17) is 18.9 Å². The number of benzene rings is 4. The molecule has 2 fully saturated rings. The van der Waals surface area contributed by atoms with E-state index in [1.165, 1.54) is 66.8 Å². The monoisotopic (exact) mass is 957 g/mol. The predicted molar refractivity (Wildman–Crippen MR) is 292 cm³/mol. The van der Waals surface area contributed by atoms with Crippen LogP contribution in [0.1, 0.15) is 178 Å². The maximum atomic E-state index is 6.41. The Morgan fingerprint density at radius 3 is 0.629 bits per heavy atom. The van der Waals surface area contributed by atoms with Crippen molar-refractivity contribution in [3.8, 4) is 23.0 Å². The molecule has 10 rings (SSSR count). The van der Waals surface area contributed by atoms with Crippen molar-refractivity contribution in [1.29, 1.82) is 0 Å². The first-order valence-electron chi connectivity index (χ1n) is 26.3. The van der Waals surface area contributed by atoms with E-state index in [0.29, 0.717) is 0 Å². The number of piperazine rings is 2. The van der Waals surface area contributed by atoms with Crippen LogP contribution in [-0.2, 0) is 58.7 Å². The molecule has 6 heterocycles. The van der Waals surface area contributed by atoms with Crippen molar-refractivity contribution in [3.05, 3.63) is 115 Å². The lowest BCUT2D eigenvalue weighted by molar-refractivity contribution is 0.120. The summed E-state index contributed by atoms with van der Waals surface area (Å²) in [6, 6.07) is 19.6. The van der Waals surface area contributed by atoms with Gasteiger partial charge >= 0.3 is 0 Å². The van der Waals surface area contributed by atoms with Crippen LogP contribution >= 0.6 is 0 Å². The third-order valence-electron chi connectivity index (χ3n) is 16.1. The van der Waals surface area contributed by atoms with Crippen LogP contribution in [-0.4, -0.2) is 100 Å². The van der Waals surface area contributed by atoms with Gasteiger partial charge in [0.25, 0.3) is 0 Å². The van der Waals surface area contributed by atoms with Gasteiger partial charge in [-0.1, -0.05) is 135 Å². The van der Waals surface area contributed by atoms with Gasteiger partial charge in [0.2, 0.25) is 0 Å². The Morgan fingerprint density at radius 2 is 0.486 bits per heavy atom. The average molecular weight is 957 g/mol. The lowest BCUT2D eigenvalue weighted by Gasteiger charge is -2.38. The maximum absolute atomic E-state index is 6.41. The molecule has 0 radical (unpaired) electrons. The van der Waals surface area contributed by atoms with Gasteiger partial charge < -0.3 is 18.9 Å². The second-order valence-corrected chi connectivity index (χ2v) is 26.2. The van der Waals surface area contributed by atoms with E-state index in [2.05, 4.69) is 179 Å². The van der Waals surface area contributed by atoms with Gasteiger partial charge in [0.15, 0.2) is 0 Å². The molecule has 0 unspecified atom stereocenters. The Kier molecular flexibility index (Phi) is 15.1. The smallest absolute Gasteiger partial charge is 0.127 e. The molecule has 384 valence electrons. The van der Waals surface area contributed by atoms with Crippen molar-refractivity contribution in [1.82, 2.24) is 19.6 Å². The van der Waals surface area contributed by atoms with E-state index >= 15 is 0 Å². The number of methoxy groups -OCH3 is 4. The van der Waals surface area contributed by atoms with E-state index in [-0.39, 0.29) is 32.5 Å². The van der Waals surface area contributed by atoms with Gasteiger partial charge in [-0.25, -0.2) is 0 Å². The molecule has 0 spiro atoms. The number of hydrogen-bond acceptors (Lipinski definition) is 8. The Balaban J connectivity index is 1.40. The van der Waals surface area contributed by atoms with E-state index in [1.54, 1.807) is 0 Å². The highest BCUT2D eigenvalue weighted by molar-refractivity contribution is 5.58. The third kappa shape index (κ3) is 11.0. The highest BCUT2D eigenvalue weighted by Crippen LogP contribution is 2.47. The van der Waals surface area contributed by atoms with Crippen LogP contribution in [0, 0.1) is 0 Å². The molecule has 8 nitrogen and oxygen atoms in total. The molecule has 8 heteroatoms. The Labute approximate surface area is 425 Å². The summed E-state index contributed by atoms with van der Waals surface area (Å²) in [5, 5.41) is 0. The molecule has 4 aromatic rings. The van der Waals surface area contributed by atoms with Crippen molar-refractivity contribution in [3.63, 3.8) is 0 Å². The van der Waals surface area contributed by atoms with Crippen LogP contribution in [0.15, 0.2) is 48.5 Å². The Bertz CT molecular complexity index is 2170. The van der Waals surface area contributed by atoms with Crippen molar-refractivity contribution in [2.75, 3.05) is 80.8 Å². The standard InChI is InChI=1S/C62H92N4O4/c1-57(2,3)49-33-45-29-41(53(49)67-17)37-63-21-23-64(24-22-63)39-43-31-47(35-51(55(43)69-19)59(7,8)9)62(15,16)48-32-44(56(70-20)52(36-48)60(10,11)12)40-66-27-25-65(26-28-66)38-42-30-46(61(45,13)14)34-50(54(42)68-18)58(4,5)6/h29-36H,21-28,37-40H2,1-20H3. The van der Waals surface area contributed by atoms with Gasteiger partial charge in [0, 0.05) is 134 Å². The molecule has 0 amide bonds. The van der Waals surface area contributed by atoms with E-state index in [1.807, 2.05) is 28.4 Å². The molecule has 4 aromatic carbocycles. The average Bonchev–Trinajstić information content (AvgIpc) is 3.27. The first-order valence-corrected chi connectivity index (χ1v) is 26.3. The normalized spacial score (nSPS) is 22.1. The lowest BCUT2D eigenvalue weighted by atomic mass is 9.72. The minimum absolute atomic E-state index is 0.120. The topological polar surface area (TPSA) is 49.9 Å². The summed E-state index contributed by atoms with van der Waals surface area (Å²) >= 11 is 0. The Hall–Kier alpha value is -4.08. The van der Waals surface area contributed by atoms with Gasteiger partial charge in [-0.2, -0.15) is 0 Å². The quantitative estimate of drug-likeness (QED) is 0.201. The first kappa shape index (κ1) is 53.7. The summed E-state index contributed by atoms with van der Waals surface area (Å²) in [7, 11) is 7.43. The van der Waals surface area contributed by atoms with Gasteiger partial charge in [-0.05, 0) is 68.2 Å². The zero-order valence-corrected chi connectivity index (χ0v) is 47.5. The maximum Gasteiger partial charge on any atom is 0.127 e. The number of nitrogens with zero attached hydrogens (tertiary/aromatic N) is 4. The largest absolute Gasteiger partial charge is 0.496 e. The number of ether oxygens (including phenoxy) is 4. The molecular weight excluding hydrogens is 865 g/mol. The van der Waals surface area contributed by atoms with Crippen LogP contribution in [0.25, 0.3) is 0 Å². The third-order valence-corrected chi connectivity index (χ3v) is 16.1. The van der Waals surface area contributed by atoms with Crippen LogP contribution < -0.4 is 18.9 Å².